The molecule has 1 N–H and O–H groups in total. The summed E-state index contributed by atoms with van der Waals surface area (Å²) < 4.78 is 11.0. The van der Waals surface area contributed by atoms with Gasteiger partial charge in [-0.05, 0) is 19.1 Å². The molecule has 0 aliphatic heterocycles. The first-order valence-corrected chi connectivity index (χ1v) is 6.65. The van der Waals surface area contributed by atoms with E-state index in [1.807, 2.05) is 12.3 Å². The lowest BCUT2D eigenvalue weighted by Gasteiger charge is -2.13. The van der Waals surface area contributed by atoms with Crippen LogP contribution in [0.4, 0.5) is 0 Å². The Morgan fingerprint density at radius 2 is 2.26 bits per heavy atom. The molecular weight excluding hydrogens is 266 g/mol. The van der Waals surface area contributed by atoms with Crippen LogP contribution in [0.15, 0.2) is 29.1 Å². The topological polar surface area (TPSA) is 68.7 Å². The lowest BCUT2D eigenvalue weighted by molar-refractivity contribution is 0.0690. The van der Waals surface area contributed by atoms with Crippen LogP contribution in [0.5, 0.6) is 11.5 Å². The first-order valence-electron chi connectivity index (χ1n) is 5.71. The summed E-state index contributed by atoms with van der Waals surface area (Å²) in [5.74, 6) is -0.377. The average Bonchev–Trinajstić information content (AvgIpc) is 2.90. The van der Waals surface area contributed by atoms with Crippen molar-refractivity contribution in [1.82, 2.24) is 4.98 Å². The molecule has 0 unspecified atom stereocenters. The molecule has 0 saturated carbocycles. The van der Waals surface area contributed by atoms with Crippen LogP contribution >= 0.6 is 11.3 Å². The Morgan fingerprint density at radius 1 is 1.42 bits per heavy atom. The SMILES string of the molecule is CCOc1cccc(C(=O)O)c1OCc1cscn1. The first-order chi connectivity index (χ1) is 9.22. The van der Waals surface area contributed by atoms with Crippen LogP contribution in [-0.4, -0.2) is 22.7 Å². The number of benzene rings is 1. The zero-order valence-corrected chi connectivity index (χ0v) is 11.1. The van der Waals surface area contributed by atoms with Crippen molar-refractivity contribution in [1.29, 1.82) is 0 Å². The van der Waals surface area contributed by atoms with Gasteiger partial charge in [-0.1, -0.05) is 6.07 Å². The Balaban J connectivity index is 2.26. The van der Waals surface area contributed by atoms with Gasteiger partial charge in [0.15, 0.2) is 11.5 Å². The number of thiazole rings is 1. The fraction of sp³-hybridized carbons (Fsp3) is 0.231. The van der Waals surface area contributed by atoms with Gasteiger partial charge < -0.3 is 14.6 Å². The van der Waals surface area contributed by atoms with Crippen LogP contribution in [0.2, 0.25) is 0 Å². The highest BCUT2D eigenvalue weighted by Gasteiger charge is 2.16. The Morgan fingerprint density at radius 3 is 2.89 bits per heavy atom. The number of rotatable bonds is 6. The number of aromatic carboxylic acids is 1. The third kappa shape index (κ3) is 3.23. The fourth-order valence-electron chi connectivity index (χ4n) is 1.56. The van der Waals surface area contributed by atoms with E-state index in [2.05, 4.69) is 4.98 Å². The predicted octanol–water partition coefficient (Wildman–Crippen LogP) is 2.82. The maximum atomic E-state index is 11.2. The third-order valence-electron chi connectivity index (χ3n) is 2.36. The number of para-hydroxylation sites is 1. The van der Waals surface area contributed by atoms with Crippen LogP contribution in [0.3, 0.4) is 0 Å². The number of carboxylic acids is 1. The van der Waals surface area contributed by atoms with Gasteiger partial charge in [0, 0.05) is 5.38 Å². The fourth-order valence-corrected chi connectivity index (χ4v) is 2.10. The molecule has 19 heavy (non-hydrogen) atoms. The number of hydrogen-bond donors (Lipinski definition) is 1. The van der Waals surface area contributed by atoms with Crippen molar-refractivity contribution in [3.05, 3.63) is 40.3 Å². The van der Waals surface area contributed by atoms with Gasteiger partial charge in [-0.25, -0.2) is 9.78 Å². The number of carbonyl (C=O) groups is 1. The van der Waals surface area contributed by atoms with Crippen molar-refractivity contribution < 1.29 is 19.4 Å². The average molecular weight is 279 g/mol. The molecule has 0 spiro atoms. The summed E-state index contributed by atoms with van der Waals surface area (Å²) >= 11 is 1.46. The summed E-state index contributed by atoms with van der Waals surface area (Å²) in [7, 11) is 0. The minimum atomic E-state index is -1.05. The molecule has 2 aromatic rings. The molecule has 0 amide bonds. The zero-order chi connectivity index (χ0) is 13.7. The van der Waals surface area contributed by atoms with Gasteiger partial charge in [0.05, 0.1) is 17.8 Å². The van der Waals surface area contributed by atoms with E-state index in [1.165, 1.54) is 17.4 Å². The Bertz CT molecular complexity index is 554. The summed E-state index contributed by atoms with van der Waals surface area (Å²) in [4.78, 5) is 15.3. The molecule has 0 fully saturated rings. The maximum Gasteiger partial charge on any atom is 0.339 e. The summed E-state index contributed by atoms with van der Waals surface area (Å²) in [6, 6.07) is 4.80. The number of aromatic nitrogens is 1. The second kappa shape index (κ2) is 6.19. The maximum absolute atomic E-state index is 11.2. The van der Waals surface area contributed by atoms with Gasteiger partial charge in [-0.3, -0.25) is 0 Å². The molecule has 5 nitrogen and oxygen atoms in total. The molecule has 1 aromatic heterocycles. The molecule has 0 saturated heterocycles. The van der Waals surface area contributed by atoms with E-state index in [-0.39, 0.29) is 17.9 Å². The van der Waals surface area contributed by atoms with Gasteiger partial charge in [0.2, 0.25) is 0 Å². The van der Waals surface area contributed by atoms with Crippen LogP contribution in [0.25, 0.3) is 0 Å². The molecule has 0 bridgehead atoms. The molecule has 1 aromatic carbocycles. The second-order valence-electron chi connectivity index (χ2n) is 3.64. The number of ether oxygens (including phenoxy) is 2. The molecule has 1 heterocycles. The molecular formula is C13H13NO4S. The lowest BCUT2D eigenvalue weighted by atomic mass is 10.2. The predicted molar refractivity (Wildman–Crippen MR) is 71.0 cm³/mol. The highest BCUT2D eigenvalue weighted by molar-refractivity contribution is 7.07. The van der Waals surface area contributed by atoms with Gasteiger partial charge in [0.1, 0.15) is 12.2 Å². The smallest absolute Gasteiger partial charge is 0.339 e. The van der Waals surface area contributed by atoms with Crippen LogP contribution < -0.4 is 9.47 Å². The van der Waals surface area contributed by atoms with E-state index in [0.29, 0.717) is 12.4 Å². The van der Waals surface area contributed by atoms with E-state index < -0.39 is 5.97 Å². The van der Waals surface area contributed by atoms with Crippen LogP contribution in [0, 0.1) is 0 Å². The van der Waals surface area contributed by atoms with Crippen molar-refractivity contribution in [3.63, 3.8) is 0 Å². The van der Waals surface area contributed by atoms with Gasteiger partial charge in [0.25, 0.3) is 0 Å². The Kier molecular flexibility index (Phi) is 4.35. The number of hydrogen-bond acceptors (Lipinski definition) is 5. The second-order valence-corrected chi connectivity index (χ2v) is 4.36. The third-order valence-corrected chi connectivity index (χ3v) is 2.99. The van der Waals surface area contributed by atoms with Crippen molar-refractivity contribution >= 4 is 17.3 Å². The van der Waals surface area contributed by atoms with E-state index in [4.69, 9.17) is 14.6 Å². The number of nitrogens with zero attached hydrogens (tertiary/aromatic N) is 1. The van der Waals surface area contributed by atoms with Gasteiger partial charge in [-0.2, -0.15) is 0 Å². The van der Waals surface area contributed by atoms with E-state index in [9.17, 15) is 4.79 Å². The van der Waals surface area contributed by atoms with Crippen LogP contribution in [0.1, 0.15) is 23.0 Å². The Labute approximate surface area is 114 Å². The van der Waals surface area contributed by atoms with E-state index in [0.717, 1.165) is 5.69 Å². The standard InChI is InChI=1S/C13H13NO4S/c1-2-17-11-5-3-4-10(13(15)16)12(11)18-6-9-7-19-8-14-9/h3-5,7-8H,2,6H2,1H3,(H,15,16). The molecule has 100 valence electrons. The van der Waals surface area contributed by atoms with Gasteiger partial charge in [-0.15, -0.1) is 11.3 Å². The van der Waals surface area contributed by atoms with Gasteiger partial charge >= 0.3 is 5.97 Å². The lowest BCUT2D eigenvalue weighted by Crippen LogP contribution is -2.06. The largest absolute Gasteiger partial charge is 0.490 e. The highest BCUT2D eigenvalue weighted by atomic mass is 32.1. The van der Waals surface area contributed by atoms with Crippen molar-refractivity contribution in [3.8, 4) is 11.5 Å². The first kappa shape index (κ1) is 13.4. The van der Waals surface area contributed by atoms with Crippen LogP contribution in [-0.2, 0) is 6.61 Å². The minimum absolute atomic E-state index is 0.0844. The van der Waals surface area contributed by atoms with E-state index in [1.54, 1.807) is 17.6 Å². The molecule has 0 atom stereocenters. The van der Waals surface area contributed by atoms with Crippen molar-refractivity contribution in [2.75, 3.05) is 6.61 Å². The molecule has 0 aliphatic rings. The molecule has 0 aliphatic carbocycles. The van der Waals surface area contributed by atoms with Crippen molar-refractivity contribution in [2.24, 2.45) is 0 Å². The monoisotopic (exact) mass is 279 g/mol. The van der Waals surface area contributed by atoms with Crippen molar-refractivity contribution in [2.45, 2.75) is 13.5 Å². The molecule has 0 radical (unpaired) electrons. The summed E-state index contributed by atoms with van der Waals surface area (Å²) in [5.41, 5.74) is 2.54. The number of carboxylic acid groups (broad SMARTS) is 1. The summed E-state index contributed by atoms with van der Waals surface area (Å²) in [5, 5.41) is 11.0. The molecule has 2 rings (SSSR count). The highest BCUT2D eigenvalue weighted by Crippen LogP contribution is 2.32. The van der Waals surface area contributed by atoms with E-state index >= 15 is 0 Å². The summed E-state index contributed by atoms with van der Waals surface area (Å²) in [6.07, 6.45) is 0. The quantitative estimate of drug-likeness (QED) is 0.880. The summed E-state index contributed by atoms with van der Waals surface area (Å²) in [6.45, 7) is 2.49. The Hall–Kier alpha value is -2.08. The zero-order valence-electron chi connectivity index (χ0n) is 10.3. The minimum Gasteiger partial charge on any atom is -0.490 e. The normalized spacial score (nSPS) is 10.2. The molecule has 6 heteroatoms.